The topological polar surface area (TPSA) is 75.6 Å². The van der Waals surface area contributed by atoms with Crippen LogP contribution in [0, 0.1) is 13.8 Å². The Morgan fingerprint density at radius 3 is 2.33 bits per heavy atom. The minimum absolute atomic E-state index is 0.317. The van der Waals surface area contributed by atoms with Gasteiger partial charge in [-0.2, -0.15) is 4.31 Å². The molecule has 2 heterocycles. The summed E-state index contributed by atoms with van der Waals surface area (Å²) in [5, 5.41) is 0.573. The predicted octanol–water partition coefficient (Wildman–Crippen LogP) is 4.32. The summed E-state index contributed by atoms with van der Waals surface area (Å²) >= 11 is 6.15. The van der Waals surface area contributed by atoms with Crippen LogP contribution in [0.5, 0.6) is 5.75 Å². The maximum atomic E-state index is 13.3. The maximum absolute atomic E-state index is 13.3. The zero-order valence-corrected chi connectivity index (χ0v) is 20.5. The zero-order valence-electron chi connectivity index (χ0n) is 19.0. The van der Waals surface area contributed by atoms with Gasteiger partial charge in [0.25, 0.3) is 0 Å². The molecule has 7 nitrogen and oxygen atoms in total. The molecular weight excluding hydrogens is 460 g/mol. The summed E-state index contributed by atoms with van der Waals surface area (Å²) in [4.78, 5) is 11.2. The van der Waals surface area contributed by atoms with Gasteiger partial charge in [0.2, 0.25) is 10.0 Å². The number of anilines is 1. The molecule has 2 aromatic carbocycles. The highest BCUT2D eigenvalue weighted by molar-refractivity contribution is 7.89. The van der Waals surface area contributed by atoms with Gasteiger partial charge in [-0.3, -0.25) is 0 Å². The van der Waals surface area contributed by atoms with E-state index in [0.29, 0.717) is 48.3 Å². The second-order valence-corrected chi connectivity index (χ2v) is 10.3. The number of rotatable bonds is 6. The van der Waals surface area contributed by atoms with Gasteiger partial charge >= 0.3 is 0 Å². The van der Waals surface area contributed by atoms with Gasteiger partial charge < -0.3 is 9.64 Å². The number of hydrogen-bond acceptors (Lipinski definition) is 6. The number of ether oxygens (including phenoxy) is 1. The van der Waals surface area contributed by atoms with Crippen molar-refractivity contribution in [3.05, 3.63) is 64.9 Å². The number of hydrogen-bond donors (Lipinski definition) is 0. The first kappa shape index (κ1) is 23.5. The Bertz CT molecular complexity index is 1240. The lowest BCUT2D eigenvalue weighted by Gasteiger charge is -2.35. The highest BCUT2D eigenvalue weighted by Crippen LogP contribution is 2.28. The lowest BCUT2D eigenvalue weighted by atomic mass is 10.1. The summed E-state index contributed by atoms with van der Waals surface area (Å²) in [5.41, 5.74) is 3.19. The Morgan fingerprint density at radius 1 is 0.970 bits per heavy atom. The average Bonchev–Trinajstić information content (AvgIpc) is 2.82. The SMILES string of the molecule is CCOc1ccc(-c2cc(N3CCN(S(=O)(=O)c4cc(C)c(Cl)cc4C)CC3)ncn2)cc1. The Morgan fingerprint density at radius 2 is 1.67 bits per heavy atom. The van der Waals surface area contributed by atoms with Crippen molar-refractivity contribution < 1.29 is 13.2 Å². The predicted molar refractivity (Wildman–Crippen MR) is 131 cm³/mol. The van der Waals surface area contributed by atoms with E-state index in [1.54, 1.807) is 25.4 Å². The molecule has 1 fully saturated rings. The molecule has 0 atom stereocenters. The van der Waals surface area contributed by atoms with Gasteiger partial charge in [-0.1, -0.05) is 11.6 Å². The van der Waals surface area contributed by atoms with Crippen LogP contribution in [-0.4, -0.2) is 55.5 Å². The molecule has 33 heavy (non-hydrogen) atoms. The van der Waals surface area contributed by atoms with E-state index in [-0.39, 0.29) is 0 Å². The Labute approximate surface area is 200 Å². The fourth-order valence-corrected chi connectivity index (χ4v) is 5.83. The number of aryl methyl sites for hydroxylation is 2. The summed E-state index contributed by atoms with van der Waals surface area (Å²) in [6.45, 7) is 8.02. The Balaban J connectivity index is 1.48. The minimum Gasteiger partial charge on any atom is -0.494 e. The van der Waals surface area contributed by atoms with E-state index < -0.39 is 10.0 Å². The molecule has 1 saturated heterocycles. The largest absolute Gasteiger partial charge is 0.494 e. The molecule has 0 N–H and O–H groups in total. The van der Waals surface area contributed by atoms with Crippen molar-refractivity contribution in [3.8, 4) is 17.0 Å². The standard InChI is InChI=1S/C24H27ClN4O3S/c1-4-32-20-7-5-19(6-8-20)22-15-24(27-16-26-22)28-9-11-29(12-10-28)33(30,31)23-14-17(2)21(25)13-18(23)3/h5-8,13-16H,4,9-12H2,1-3H3. The third kappa shape index (κ3) is 4.98. The number of nitrogens with zero attached hydrogens (tertiary/aromatic N) is 4. The van der Waals surface area contributed by atoms with Crippen molar-refractivity contribution >= 4 is 27.4 Å². The van der Waals surface area contributed by atoms with Gasteiger partial charge in [0.1, 0.15) is 17.9 Å². The van der Waals surface area contributed by atoms with E-state index >= 15 is 0 Å². The lowest BCUT2D eigenvalue weighted by molar-refractivity contribution is 0.340. The molecule has 4 rings (SSSR count). The number of sulfonamides is 1. The lowest BCUT2D eigenvalue weighted by Crippen LogP contribution is -2.49. The summed E-state index contributed by atoms with van der Waals surface area (Å²) in [5.74, 6) is 1.60. The van der Waals surface area contributed by atoms with Gasteiger partial charge in [0.15, 0.2) is 0 Å². The molecule has 3 aromatic rings. The van der Waals surface area contributed by atoms with Gasteiger partial charge in [-0.05, 0) is 68.3 Å². The molecule has 0 unspecified atom stereocenters. The molecule has 0 spiro atoms. The summed E-state index contributed by atoms with van der Waals surface area (Å²) in [6, 6.07) is 13.1. The number of aromatic nitrogens is 2. The zero-order chi connectivity index (χ0) is 23.6. The van der Waals surface area contributed by atoms with E-state index in [0.717, 1.165) is 28.4 Å². The van der Waals surface area contributed by atoms with Crippen LogP contribution >= 0.6 is 11.6 Å². The van der Waals surface area contributed by atoms with Gasteiger partial charge in [0.05, 0.1) is 17.2 Å². The van der Waals surface area contributed by atoms with Gasteiger partial charge in [0, 0.05) is 42.8 Å². The molecule has 1 aliphatic heterocycles. The van der Waals surface area contributed by atoms with Crippen molar-refractivity contribution in [2.24, 2.45) is 0 Å². The molecule has 9 heteroatoms. The molecular formula is C24H27ClN4O3S. The van der Waals surface area contributed by atoms with E-state index in [1.807, 2.05) is 44.2 Å². The fraction of sp³-hybridized carbons (Fsp3) is 0.333. The summed E-state index contributed by atoms with van der Waals surface area (Å²) in [6.07, 6.45) is 1.55. The van der Waals surface area contributed by atoms with Crippen LogP contribution in [0.25, 0.3) is 11.3 Å². The van der Waals surface area contributed by atoms with Crippen LogP contribution in [0.3, 0.4) is 0 Å². The van der Waals surface area contributed by atoms with Crippen LogP contribution in [0.15, 0.2) is 53.7 Å². The first-order valence-corrected chi connectivity index (χ1v) is 12.7. The quantitative estimate of drug-likeness (QED) is 0.516. The highest BCUT2D eigenvalue weighted by Gasteiger charge is 2.30. The molecule has 1 aliphatic rings. The summed E-state index contributed by atoms with van der Waals surface area (Å²) < 4.78 is 33.6. The smallest absolute Gasteiger partial charge is 0.243 e. The van der Waals surface area contributed by atoms with Crippen molar-refractivity contribution in [3.63, 3.8) is 0 Å². The average molecular weight is 487 g/mol. The summed E-state index contributed by atoms with van der Waals surface area (Å²) in [7, 11) is -3.59. The number of benzene rings is 2. The van der Waals surface area contributed by atoms with Crippen LogP contribution < -0.4 is 9.64 Å². The van der Waals surface area contributed by atoms with Crippen molar-refractivity contribution in [2.75, 3.05) is 37.7 Å². The molecule has 0 radical (unpaired) electrons. The van der Waals surface area contributed by atoms with E-state index in [4.69, 9.17) is 16.3 Å². The van der Waals surface area contributed by atoms with Crippen LogP contribution in [0.4, 0.5) is 5.82 Å². The molecule has 0 bridgehead atoms. The number of piperazine rings is 1. The third-order valence-corrected chi connectivity index (χ3v) is 8.20. The monoisotopic (exact) mass is 486 g/mol. The van der Waals surface area contributed by atoms with Crippen LogP contribution in [-0.2, 0) is 10.0 Å². The van der Waals surface area contributed by atoms with Crippen molar-refractivity contribution in [1.29, 1.82) is 0 Å². The van der Waals surface area contributed by atoms with Gasteiger partial charge in [-0.25, -0.2) is 18.4 Å². The van der Waals surface area contributed by atoms with Crippen LogP contribution in [0.2, 0.25) is 5.02 Å². The second-order valence-electron chi connectivity index (χ2n) is 7.98. The van der Waals surface area contributed by atoms with E-state index in [9.17, 15) is 8.42 Å². The molecule has 1 aromatic heterocycles. The molecule has 0 amide bonds. The van der Waals surface area contributed by atoms with Crippen molar-refractivity contribution in [1.82, 2.24) is 14.3 Å². The van der Waals surface area contributed by atoms with Crippen molar-refractivity contribution in [2.45, 2.75) is 25.7 Å². The maximum Gasteiger partial charge on any atom is 0.243 e. The third-order valence-electron chi connectivity index (χ3n) is 5.75. The molecule has 174 valence electrons. The minimum atomic E-state index is -3.59. The normalized spacial score (nSPS) is 15.0. The number of halogens is 1. The molecule has 0 saturated carbocycles. The fourth-order valence-electron chi connectivity index (χ4n) is 3.90. The first-order valence-electron chi connectivity index (χ1n) is 10.9. The molecule has 0 aliphatic carbocycles. The Hall–Kier alpha value is -2.68. The Kier molecular flexibility index (Phi) is 6.88. The highest BCUT2D eigenvalue weighted by atomic mass is 35.5. The van der Waals surface area contributed by atoms with Gasteiger partial charge in [-0.15, -0.1) is 0 Å². The first-order chi connectivity index (χ1) is 15.8. The van der Waals surface area contributed by atoms with E-state index in [1.165, 1.54) is 4.31 Å². The van der Waals surface area contributed by atoms with E-state index in [2.05, 4.69) is 14.9 Å². The second kappa shape index (κ2) is 9.67. The van der Waals surface area contributed by atoms with Crippen LogP contribution in [0.1, 0.15) is 18.1 Å².